The van der Waals surface area contributed by atoms with E-state index in [0.717, 1.165) is 19.3 Å². The lowest BCUT2D eigenvalue weighted by molar-refractivity contribution is -0.124. The van der Waals surface area contributed by atoms with Gasteiger partial charge in [0, 0.05) is 18.0 Å². The molecule has 0 radical (unpaired) electrons. The van der Waals surface area contributed by atoms with E-state index in [1.807, 2.05) is 0 Å². The van der Waals surface area contributed by atoms with E-state index in [-0.39, 0.29) is 29.3 Å². The molecule has 0 aromatic heterocycles. The van der Waals surface area contributed by atoms with E-state index in [4.69, 9.17) is 5.73 Å². The molecule has 3 atom stereocenters. The minimum absolute atomic E-state index is 0.171. The minimum atomic E-state index is 0.171. The summed E-state index contributed by atoms with van der Waals surface area (Å²) in [5.74, 6) is 0.453. The molecule has 15 heavy (non-hydrogen) atoms. The SMILES string of the molecule is CC1(C)CC1C(=O)N[C@@H]1CCCC[C@H]1N. The van der Waals surface area contributed by atoms with Gasteiger partial charge in [-0.1, -0.05) is 26.7 Å². The largest absolute Gasteiger partial charge is 0.352 e. The average molecular weight is 210 g/mol. The zero-order valence-electron chi connectivity index (χ0n) is 9.75. The Morgan fingerprint density at radius 2 is 1.93 bits per heavy atom. The minimum Gasteiger partial charge on any atom is -0.352 e. The van der Waals surface area contributed by atoms with Crippen molar-refractivity contribution < 1.29 is 4.79 Å². The van der Waals surface area contributed by atoms with Gasteiger partial charge in [0.2, 0.25) is 5.91 Å². The highest BCUT2D eigenvalue weighted by atomic mass is 16.2. The van der Waals surface area contributed by atoms with Crippen LogP contribution in [0.15, 0.2) is 0 Å². The maximum Gasteiger partial charge on any atom is 0.223 e. The van der Waals surface area contributed by atoms with Gasteiger partial charge in [-0.15, -0.1) is 0 Å². The second-order valence-electron chi connectivity index (χ2n) is 5.81. The summed E-state index contributed by atoms with van der Waals surface area (Å²) >= 11 is 0. The molecule has 1 amide bonds. The third kappa shape index (κ3) is 2.33. The molecule has 0 spiro atoms. The number of hydrogen-bond acceptors (Lipinski definition) is 2. The summed E-state index contributed by atoms with van der Waals surface area (Å²) in [4.78, 5) is 11.9. The molecule has 86 valence electrons. The summed E-state index contributed by atoms with van der Waals surface area (Å²) in [5.41, 5.74) is 6.23. The van der Waals surface area contributed by atoms with Crippen molar-refractivity contribution in [2.45, 2.75) is 58.0 Å². The van der Waals surface area contributed by atoms with Gasteiger partial charge in [-0.2, -0.15) is 0 Å². The molecule has 0 heterocycles. The van der Waals surface area contributed by atoms with Gasteiger partial charge < -0.3 is 11.1 Å². The number of amides is 1. The van der Waals surface area contributed by atoms with Crippen LogP contribution in [-0.2, 0) is 4.79 Å². The third-order valence-corrected chi connectivity index (χ3v) is 3.98. The molecule has 2 saturated carbocycles. The Kier molecular flexibility index (Phi) is 2.75. The lowest BCUT2D eigenvalue weighted by Crippen LogP contribution is -2.50. The monoisotopic (exact) mass is 210 g/mol. The molecule has 2 rings (SSSR count). The average Bonchev–Trinajstić information content (AvgIpc) is 2.79. The van der Waals surface area contributed by atoms with Crippen molar-refractivity contribution in [3.8, 4) is 0 Å². The van der Waals surface area contributed by atoms with Gasteiger partial charge in [0.1, 0.15) is 0 Å². The van der Waals surface area contributed by atoms with Crippen LogP contribution in [0, 0.1) is 11.3 Å². The predicted octanol–water partition coefficient (Wildman–Crippen LogP) is 1.42. The van der Waals surface area contributed by atoms with Gasteiger partial charge in [0.25, 0.3) is 0 Å². The first-order chi connectivity index (χ1) is 7.00. The summed E-state index contributed by atoms with van der Waals surface area (Å²) in [6.07, 6.45) is 5.55. The van der Waals surface area contributed by atoms with Crippen LogP contribution in [-0.4, -0.2) is 18.0 Å². The second-order valence-corrected chi connectivity index (χ2v) is 5.81. The van der Waals surface area contributed by atoms with E-state index in [1.54, 1.807) is 0 Å². The van der Waals surface area contributed by atoms with Crippen LogP contribution in [0.4, 0.5) is 0 Å². The smallest absolute Gasteiger partial charge is 0.223 e. The number of hydrogen-bond donors (Lipinski definition) is 2. The Balaban J connectivity index is 1.83. The van der Waals surface area contributed by atoms with E-state index >= 15 is 0 Å². The van der Waals surface area contributed by atoms with E-state index in [0.29, 0.717) is 0 Å². The molecule has 0 saturated heterocycles. The second kappa shape index (κ2) is 3.78. The van der Waals surface area contributed by atoms with Gasteiger partial charge >= 0.3 is 0 Å². The predicted molar refractivity (Wildman–Crippen MR) is 60.3 cm³/mol. The normalized spacial score (nSPS) is 38.5. The molecule has 0 bridgehead atoms. The Morgan fingerprint density at radius 1 is 1.33 bits per heavy atom. The maximum atomic E-state index is 11.9. The summed E-state index contributed by atoms with van der Waals surface area (Å²) in [6, 6.07) is 0.396. The van der Waals surface area contributed by atoms with Crippen molar-refractivity contribution >= 4 is 5.91 Å². The maximum absolute atomic E-state index is 11.9. The fourth-order valence-corrected chi connectivity index (χ4v) is 2.54. The van der Waals surface area contributed by atoms with E-state index in [9.17, 15) is 4.79 Å². The Morgan fingerprint density at radius 3 is 2.47 bits per heavy atom. The van der Waals surface area contributed by atoms with Crippen LogP contribution >= 0.6 is 0 Å². The highest BCUT2D eigenvalue weighted by Crippen LogP contribution is 2.51. The molecule has 0 aliphatic heterocycles. The van der Waals surface area contributed by atoms with E-state index in [1.165, 1.54) is 12.8 Å². The molecule has 2 fully saturated rings. The summed E-state index contributed by atoms with van der Waals surface area (Å²) in [5, 5.41) is 3.12. The van der Waals surface area contributed by atoms with Crippen LogP contribution in [0.25, 0.3) is 0 Å². The number of carbonyl (C=O) groups is 1. The quantitative estimate of drug-likeness (QED) is 0.724. The Labute approximate surface area is 91.8 Å². The van der Waals surface area contributed by atoms with Crippen molar-refractivity contribution in [1.82, 2.24) is 5.32 Å². The molecule has 1 unspecified atom stereocenters. The molecule has 3 heteroatoms. The molecule has 0 aromatic rings. The van der Waals surface area contributed by atoms with Crippen molar-refractivity contribution in [3.05, 3.63) is 0 Å². The number of rotatable bonds is 2. The molecule has 2 aliphatic rings. The summed E-state index contributed by atoms with van der Waals surface area (Å²) < 4.78 is 0. The molecule has 0 aromatic carbocycles. The molecule has 3 nitrogen and oxygen atoms in total. The third-order valence-electron chi connectivity index (χ3n) is 3.98. The summed E-state index contributed by atoms with van der Waals surface area (Å²) in [7, 11) is 0. The van der Waals surface area contributed by atoms with E-state index in [2.05, 4.69) is 19.2 Å². The topological polar surface area (TPSA) is 55.1 Å². The fraction of sp³-hybridized carbons (Fsp3) is 0.917. The van der Waals surface area contributed by atoms with Gasteiger partial charge in [-0.3, -0.25) is 4.79 Å². The van der Waals surface area contributed by atoms with Crippen molar-refractivity contribution in [1.29, 1.82) is 0 Å². The number of nitrogens with one attached hydrogen (secondary N) is 1. The zero-order valence-corrected chi connectivity index (χ0v) is 9.75. The lowest BCUT2D eigenvalue weighted by Gasteiger charge is -2.29. The molecule has 3 N–H and O–H groups in total. The van der Waals surface area contributed by atoms with E-state index < -0.39 is 0 Å². The van der Waals surface area contributed by atoms with Gasteiger partial charge in [0.05, 0.1) is 0 Å². The van der Waals surface area contributed by atoms with Crippen LogP contribution in [0.1, 0.15) is 46.0 Å². The first-order valence-corrected chi connectivity index (χ1v) is 6.07. The highest BCUT2D eigenvalue weighted by Gasteiger charge is 2.50. The number of nitrogens with two attached hydrogens (primary N) is 1. The van der Waals surface area contributed by atoms with Crippen molar-refractivity contribution in [2.24, 2.45) is 17.1 Å². The van der Waals surface area contributed by atoms with Crippen LogP contribution in [0.3, 0.4) is 0 Å². The van der Waals surface area contributed by atoms with Crippen molar-refractivity contribution in [2.75, 3.05) is 0 Å². The zero-order chi connectivity index (χ0) is 11.1. The highest BCUT2D eigenvalue weighted by molar-refractivity contribution is 5.82. The van der Waals surface area contributed by atoms with Crippen LogP contribution in [0.5, 0.6) is 0 Å². The molecular formula is C12H22N2O. The fourth-order valence-electron chi connectivity index (χ4n) is 2.54. The summed E-state index contributed by atoms with van der Waals surface area (Å²) in [6.45, 7) is 4.30. The number of carbonyl (C=O) groups excluding carboxylic acids is 1. The molecule has 2 aliphatic carbocycles. The van der Waals surface area contributed by atoms with Gasteiger partial charge in [0.15, 0.2) is 0 Å². The first-order valence-electron chi connectivity index (χ1n) is 6.07. The first kappa shape index (κ1) is 10.9. The standard InChI is InChI=1S/C12H22N2O/c1-12(2)7-8(12)11(15)14-10-6-4-3-5-9(10)13/h8-10H,3-7,13H2,1-2H3,(H,14,15)/t8?,9-,10-/m1/s1. The van der Waals surface area contributed by atoms with Crippen LogP contribution < -0.4 is 11.1 Å². The van der Waals surface area contributed by atoms with Crippen molar-refractivity contribution in [3.63, 3.8) is 0 Å². The van der Waals surface area contributed by atoms with Crippen LogP contribution in [0.2, 0.25) is 0 Å². The van der Waals surface area contributed by atoms with Gasteiger partial charge in [-0.25, -0.2) is 0 Å². The Hall–Kier alpha value is -0.570. The Bertz CT molecular complexity index is 262. The lowest BCUT2D eigenvalue weighted by atomic mass is 9.91. The molecular weight excluding hydrogens is 188 g/mol. The van der Waals surface area contributed by atoms with Gasteiger partial charge in [-0.05, 0) is 24.7 Å².